The lowest BCUT2D eigenvalue weighted by Crippen LogP contribution is -2.01. The van der Waals surface area contributed by atoms with Crippen LogP contribution in [0, 0.1) is 18.8 Å². The molecule has 2 heteroatoms. The topological polar surface area (TPSA) is 29.5 Å². The van der Waals surface area contributed by atoms with Crippen molar-refractivity contribution in [1.82, 2.24) is 0 Å². The van der Waals surface area contributed by atoms with Crippen LogP contribution in [0.1, 0.15) is 16.7 Å². The normalized spacial score (nSPS) is 9.70. The number of aryl methyl sites for hydroxylation is 1. The number of aliphatic hydroxyl groups is 1. The summed E-state index contributed by atoms with van der Waals surface area (Å²) in [4.78, 5) is 0. The molecule has 0 heterocycles. The highest BCUT2D eigenvalue weighted by Crippen LogP contribution is 2.17. The Morgan fingerprint density at radius 3 is 2.60 bits per heavy atom. The summed E-state index contributed by atoms with van der Waals surface area (Å²) in [5, 5.41) is 8.70. The molecule has 2 aromatic carbocycles. The summed E-state index contributed by atoms with van der Waals surface area (Å²) in [5.41, 5.74) is 3.26. The van der Waals surface area contributed by atoms with Gasteiger partial charge in [0.05, 0.1) is 6.61 Å². The summed E-state index contributed by atoms with van der Waals surface area (Å²) in [6.07, 6.45) is 0.895. The molecule has 20 heavy (non-hydrogen) atoms. The largest absolute Gasteiger partial charge is 0.493 e. The van der Waals surface area contributed by atoms with E-state index in [0.29, 0.717) is 6.61 Å². The maximum Gasteiger partial charge on any atom is 0.119 e. The molecule has 0 saturated carbocycles. The van der Waals surface area contributed by atoms with Gasteiger partial charge in [-0.25, -0.2) is 0 Å². The number of hydrogen-bond acceptors (Lipinski definition) is 2. The zero-order valence-corrected chi connectivity index (χ0v) is 11.6. The first kappa shape index (κ1) is 14.2. The van der Waals surface area contributed by atoms with Crippen LogP contribution in [0.5, 0.6) is 5.75 Å². The highest BCUT2D eigenvalue weighted by molar-refractivity contribution is 5.44. The molecule has 0 amide bonds. The van der Waals surface area contributed by atoms with Gasteiger partial charge in [-0.2, -0.15) is 0 Å². The fraction of sp³-hybridized carbons (Fsp3) is 0.222. The van der Waals surface area contributed by atoms with Crippen molar-refractivity contribution in [2.45, 2.75) is 13.3 Å². The first-order chi connectivity index (χ1) is 9.79. The summed E-state index contributed by atoms with van der Waals surface area (Å²) in [7, 11) is 0. The third-order valence-corrected chi connectivity index (χ3v) is 3.00. The Balaban J connectivity index is 1.92. The molecular weight excluding hydrogens is 248 g/mol. The van der Waals surface area contributed by atoms with Crippen LogP contribution in [0.2, 0.25) is 0 Å². The van der Waals surface area contributed by atoms with E-state index >= 15 is 0 Å². The van der Waals surface area contributed by atoms with Crippen molar-refractivity contribution < 1.29 is 9.84 Å². The average molecular weight is 266 g/mol. The highest BCUT2D eigenvalue weighted by atomic mass is 16.5. The van der Waals surface area contributed by atoms with E-state index in [1.54, 1.807) is 0 Å². The molecule has 2 aromatic rings. The summed E-state index contributed by atoms with van der Waals surface area (Å²) in [5.74, 6) is 6.43. The Morgan fingerprint density at radius 1 is 1.10 bits per heavy atom. The van der Waals surface area contributed by atoms with Gasteiger partial charge in [0, 0.05) is 12.0 Å². The molecule has 0 radical (unpaired) electrons. The van der Waals surface area contributed by atoms with Crippen molar-refractivity contribution in [3.63, 3.8) is 0 Å². The fourth-order valence-corrected chi connectivity index (χ4v) is 1.93. The molecule has 0 spiro atoms. The predicted octanol–water partition coefficient (Wildman–Crippen LogP) is 2.96. The van der Waals surface area contributed by atoms with E-state index in [1.807, 2.05) is 43.3 Å². The van der Waals surface area contributed by atoms with Crippen molar-refractivity contribution in [3.8, 4) is 17.6 Å². The van der Waals surface area contributed by atoms with Gasteiger partial charge in [0.15, 0.2) is 0 Å². The molecule has 0 aliphatic rings. The number of aliphatic hydroxyl groups excluding tert-OH is 1. The van der Waals surface area contributed by atoms with Crippen molar-refractivity contribution in [2.24, 2.45) is 0 Å². The van der Waals surface area contributed by atoms with E-state index < -0.39 is 0 Å². The van der Waals surface area contributed by atoms with E-state index in [0.717, 1.165) is 23.3 Å². The molecule has 2 rings (SSSR count). The fourth-order valence-electron chi connectivity index (χ4n) is 1.93. The average Bonchev–Trinajstić information content (AvgIpc) is 2.47. The van der Waals surface area contributed by atoms with E-state index in [1.165, 1.54) is 5.56 Å². The van der Waals surface area contributed by atoms with Crippen molar-refractivity contribution in [3.05, 3.63) is 65.2 Å². The van der Waals surface area contributed by atoms with Crippen LogP contribution in [-0.2, 0) is 6.42 Å². The molecular formula is C18H18O2. The summed E-state index contributed by atoms with van der Waals surface area (Å²) in [6, 6.07) is 16.1. The molecule has 0 saturated heterocycles. The molecule has 1 N–H and O–H groups in total. The standard InChI is InChI=1S/C18H18O2/c1-15-14-18(10-9-17(15)8-5-12-19)20-13-11-16-6-3-2-4-7-16/h2-4,6-7,9-10,14,19H,11-13H2,1H3. The molecule has 0 bridgehead atoms. The van der Waals surface area contributed by atoms with Gasteiger partial charge < -0.3 is 9.84 Å². The van der Waals surface area contributed by atoms with Gasteiger partial charge in [0.1, 0.15) is 12.4 Å². The van der Waals surface area contributed by atoms with Gasteiger partial charge in [-0.15, -0.1) is 0 Å². The third kappa shape index (κ3) is 4.15. The second kappa shape index (κ2) is 7.37. The molecule has 2 nitrogen and oxygen atoms in total. The van der Waals surface area contributed by atoms with E-state index in [2.05, 4.69) is 24.0 Å². The second-order valence-electron chi connectivity index (χ2n) is 4.52. The highest BCUT2D eigenvalue weighted by Gasteiger charge is 1.99. The molecule has 0 fully saturated rings. The molecule has 0 unspecified atom stereocenters. The van der Waals surface area contributed by atoms with Crippen LogP contribution in [-0.4, -0.2) is 18.3 Å². The Labute approximate surface area is 120 Å². The SMILES string of the molecule is Cc1cc(OCCc2ccccc2)ccc1C#CCO. The maximum absolute atomic E-state index is 8.70. The molecule has 102 valence electrons. The van der Waals surface area contributed by atoms with E-state index in [4.69, 9.17) is 9.84 Å². The van der Waals surface area contributed by atoms with Crippen molar-refractivity contribution in [1.29, 1.82) is 0 Å². The minimum absolute atomic E-state index is 0.116. The lowest BCUT2D eigenvalue weighted by Gasteiger charge is -2.08. The molecule has 0 aliphatic carbocycles. The number of ether oxygens (including phenoxy) is 1. The summed E-state index contributed by atoms with van der Waals surface area (Å²) in [6.45, 7) is 2.53. The Morgan fingerprint density at radius 2 is 1.90 bits per heavy atom. The minimum Gasteiger partial charge on any atom is -0.493 e. The van der Waals surface area contributed by atoms with Crippen LogP contribution in [0.25, 0.3) is 0 Å². The zero-order chi connectivity index (χ0) is 14.2. The van der Waals surface area contributed by atoms with Crippen molar-refractivity contribution in [2.75, 3.05) is 13.2 Å². The monoisotopic (exact) mass is 266 g/mol. The van der Waals surface area contributed by atoms with Gasteiger partial charge in [-0.1, -0.05) is 42.2 Å². The quantitative estimate of drug-likeness (QED) is 0.862. The second-order valence-corrected chi connectivity index (χ2v) is 4.52. The molecule has 0 aliphatic heterocycles. The van der Waals surface area contributed by atoms with Crippen LogP contribution in [0.3, 0.4) is 0 Å². The lowest BCUT2D eigenvalue weighted by atomic mass is 10.1. The summed E-state index contributed by atoms with van der Waals surface area (Å²) >= 11 is 0. The minimum atomic E-state index is -0.116. The third-order valence-electron chi connectivity index (χ3n) is 3.00. The van der Waals surface area contributed by atoms with Crippen molar-refractivity contribution >= 4 is 0 Å². The number of hydrogen-bond donors (Lipinski definition) is 1. The number of benzene rings is 2. The van der Waals surface area contributed by atoms with Gasteiger partial charge in [-0.05, 0) is 36.2 Å². The van der Waals surface area contributed by atoms with Gasteiger partial charge in [0.25, 0.3) is 0 Å². The van der Waals surface area contributed by atoms with Gasteiger partial charge >= 0.3 is 0 Å². The molecule has 0 atom stereocenters. The number of rotatable bonds is 4. The smallest absolute Gasteiger partial charge is 0.119 e. The zero-order valence-electron chi connectivity index (χ0n) is 11.6. The van der Waals surface area contributed by atoms with Crippen LogP contribution in [0.15, 0.2) is 48.5 Å². The first-order valence-corrected chi connectivity index (χ1v) is 6.66. The Hall–Kier alpha value is -2.24. The first-order valence-electron chi connectivity index (χ1n) is 6.66. The summed E-state index contributed by atoms with van der Waals surface area (Å²) < 4.78 is 5.75. The van der Waals surface area contributed by atoms with E-state index in [-0.39, 0.29) is 6.61 Å². The predicted molar refractivity (Wildman–Crippen MR) is 80.8 cm³/mol. The Kier molecular flexibility index (Phi) is 5.23. The van der Waals surface area contributed by atoms with Crippen LogP contribution >= 0.6 is 0 Å². The van der Waals surface area contributed by atoms with E-state index in [9.17, 15) is 0 Å². The van der Waals surface area contributed by atoms with Crippen LogP contribution in [0.4, 0.5) is 0 Å². The maximum atomic E-state index is 8.70. The lowest BCUT2D eigenvalue weighted by molar-refractivity contribution is 0.321. The molecule has 0 aromatic heterocycles. The van der Waals surface area contributed by atoms with Gasteiger partial charge in [0.2, 0.25) is 0 Å². The Bertz CT molecular complexity index is 606. The van der Waals surface area contributed by atoms with Gasteiger partial charge in [-0.3, -0.25) is 0 Å². The van der Waals surface area contributed by atoms with Crippen LogP contribution < -0.4 is 4.74 Å².